The molecule has 0 amide bonds. The minimum Gasteiger partial charge on any atom is -0.487 e. The third-order valence-electron chi connectivity index (χ3n) is 4.73. The normalized spacial score (nSPS) is 25.6. The summed E-state index contributed by atoms with van der Waals surface area (Å²) in [7, 11) is 0. The van der Waals surface area contributed by atoms with Crippen LogP contribution in [-0.4, -0.2) is 29.6 Å². The highest BCUT2D eigenvalue weighted by atomic mass is 79.9. The predicted octanol–water partition coefficient (Wildman–Crippen LogP) is 3.47. The summed E-state index contributed by atoms with van der Waals surface area (Å²) in [4.78, 5) is 2.52. The van der Waals surface area contributed by atoms with Gasteiger partial charge in [-0.3, -0.25) is 0 Å². The van der Waals surface area contributed by atoms with Crippen LogP contribution >= 0.6 is 15.9 Å². The molecular formula is C16H23BrN2O. The van der Waals surface area contributed by atoms with Crippen molar-refractivity contribution >= 4 is 15.9 Å². The molecule has 1 aromatic rings. The maximum absolute atomic E-state index is 6.40. The van der Waals surface area contributed by atoms with Gasteiger partial charge in [-0.15, -0.1) is 0 Å². The number of fused-ring (bicyclic) bond motifs is 1. The fourth-order valence-corrected chi connectivity index (χ4v) is 3.78. The second kappa shape index (κ2) is 5.32. The Hall–Kier alpha value is -0.580. The molecule has 1 spiro atoms. The number of hydrogen-bond donors (Lipinski definition) is 1. The van der Waals surface area contributed by atoms with E-state index in [9.17, 15) is 0 Å². The van der Waals surface area contributed by atoms with E-state index in [0.717, 1.165) is 48.1 Å². The van der Waals surface area contributed by atoms with Gasteiger partial charge < -0.3 is 15.4 Å². The molecule has 1 aromatic carbocycles. The van der Waals surface area contributed by atoms with Crippen molar-refractivity contribution in [1.29, 1.82) is 0 Å². The van der Waals surface area contributed by atoms with Crippen molar-refractivity contribution in [3.05, 3.63) is 28.2 Å². The average molecular weight is 339 g/mol. The molecule has 0 saturated carbocycles. The highest BCUT2D eigenvalue weighted by Gasteiger charge is 2.42. The third kappa shape index (κ3) is 2.61. The number of piperidine rings is 1. The van der Waals surface area contributed by atoms with Crippen LogP contribution in [0.15, 0.2) is 22.7 Å². The maximum atomic E-state index is 6.40. The molecule has 0 bridgehead atoms. The molecule has 3 nitrogen and oxygen atoms in total. The van der Waals surface area contributed by atoms with Crippen LogP contribution in [0.5, 0.6) is 5.75 Å². The van der Waals surface area contributed by atoms with E-state index in [-0.39, 0.29) is 11.6 Å². The molecule has 0 aromatic heterocycles. The number of ether oxygens (including phenoxy) is 1. The van der Waals surface area contributed by atoms with Gasteiger partial charge in [-0.25, -0.2) is 0 Å². The van der Waals surface area contributed by atoms with E-state index in [4.69, 9.17) is 10.5 Å². The van der Waals surface area contributed by atoms with Gasteiger partial charge >= 0.3 is 0 Å². The molecule has 2 heterocycles. The van der Waals surface area contributed by atoms with Crippen LogP contribution in [0.3, 0.4) is 0 Å². The van der Waals surface area contributed by atoms with Crippen LogP contribution in [0, 0.1) is 0 Å². The van der Waals surface area contributed by atoms with Crippen molar-refractivity contribution in [2.24, 2.45) is 5.73 Å². The Kier molecular flexibility index (Phi) is 3.82. The van der Waals surface area contributed by atoms with Crippen LogP contribution in [0.25, 0.3) is 0 Å². The third-order valence-corrected chi connectivity index (χ3v) is 5.23. The summed E-state index contributed by atoms with van der Waals surface area (Å²) in [5.41, 5.74) is 7.47. The summed E-state index contributed by atoms with van der Waals surface area (Å²) in [6.07, 6.45) is 3.09. The molecular weight excluding hydrogens is 316 g/mol. The summed E-state index contributed by atoms with van der Waals surface area (Å²) >= 11 is 3.52. The number of rotatable bonds is 1. The van der Waals surface area contributed by atoms with Gasteiger partial charge in [0.15, 0.2) is 0 Å². The van der Waals surface area contributed by atoms with E-state index in [1.165, 1.54) is 0 Å². The summed E-state index contributed by atoms with van der Waals surface area (Å²) in [5.74, 6) is 0.969. The zero-order valence-electron chi connectivity index (χ0n) is 12.2. The Morgan fingerprint density at radius 1 is 1.35 bits per heavy atom. The number of likely N-dealkylation sites (tertiary alicyclic amines) is 1. The summed E-state index contributed by atoms with van der Waals surface area (Å²) in [6, 6.07) is 6.90. The van der Waals surface area contributed by atoms with E-state index in [0.29, 0.717) is 6.04 Å². The second-order valence-electron chi connectivity index (χ2n) is 6.41. The largest absolute Gasteiger partial charge is 0.487 e. The molecule has 1 fully saturated rings. The van der Waals surface area contributed by atoms with E-state index in [1.807, 2.05) is 6.07 Å². The fraction of sp³-hybridized carbons (Fsp3) is 0.625. The number of nitrogens with two attached hydrogens (primary N) is 1. The molecule has 4 heteroatoms. The minimum atomic E-state index is -0.0569. The van der Waals surface area contributed by atoms with E-state index in [1.54, 1.807) is 0 Å². The van der Waals surface area contributed by atoms with Crippen LogP contribution in [-0.2, 0) is 0 Å². The molecule has 0 aliphatic carbocycles. The maximum Gasteiger partial charge on any atom is 0.126 e. The molecule has 20 heavy (non-hydrogen) atoms. The number of halogens is 1. The van der Waals surface area contributed by atoms with Gasteiger partial charge in [0.2, 0.25) is 0 Å². The summed E-state index contributed by atoms with van der Waals surface area (Å²) in [5, 5.41) is 0. The highest BCUT2D eigenvalue weighted by Crippen LogP contribution is 2.44. The van der Waals surface area contributed by atoms with Crippen molar-refractivity contribution in [2.45, 2.75) is 50.8 Å². The van der Waals surface area contributed by atoms with E-state index < -0.39 is 0 Å². The summed E-state index contributed by atoms with van der Waals surface area (Å²) < 4.78 is 7.46. The topological polar surface area (TPSA) is 38.5 Å². The molecule has 1 atom stereocenters. The molecule has 0 unspecified atom stereocenters. The van der Waals surface area contributed by atoms with Gasteiger partial charge in [-0.05, 0) is 38.8 Å². The Bertz CT molecular complexity index is 495. The van der Waals surface area contributed by atoms with Crippen LogP contribution in [0.1, 0.15) is 44.7 Å². The predicted molar refractivity (Wildman–Crippen MR) is 85.0 cm³/mol. The highest BCUT2D eigenvalue weighted by molar-refractivity contribution is 9.10. The zero-order valence-corrected chi connectivity index (χ0v) is 13.8. The fourth-order valence-electron chi connectivity index (χ4n) is 3.44. The number of hydrogen-bond acceptors (Lipinski definition) is 3. The first-order valence-electron chi connectivity index (χ1n) is 7.47. The minimum absolute atomic E-state index is 0.0569. The second-order valence-corrected chi connectivity index (χ2v) is 7.32. The first kappa shape index (κ1) is 14.4. The molecule has 1 saturated heterocycles. The lowest BCUT2D eigenvalue weighted by molar-refractivity contribution is -0.0279. The van der Waals surface area contributed by atoms with Gasteiger partial charge in [0, 0.05) is 41.6 Å². The van der Waals surface area contributed by atoms with Crippen molar-refractivity contribution in [2.75, 3.05) is 13.1 Å². The average Bonchev–Trinajstić information content (AvgIpc) is 2.38. The number of benzene rings is 1. The molecule has 3 rings (SSSR count). The lowest BCUT2D eigenvalue weighted by Gasteiger charge is -2.47. The van der Waals surface area contributed by atoms with Gasteiger partial charge in [-0.2, -0.15) is 0 Å². The van der Waals surface area contributed by atoms with Crippen LogP contribution < -0.4 is 10.5 Å². The number of nitrogens with zero attached hydrogens (tertiary/aromatic N) is 1. The first-order chi connectivity index (χ1) is 9.49. The first-order valence-corrected chi connectivity index (χ1v) is 8.26. The van der Waals surface area contributed by atoms with Crippen molar-refractivity contribution < 1.29 is 4.74 Å². The molecule has 2 aliphatic heterocycles. The summed E-state index contributed by atoms with van der Waals surface area (Å²) in [6.45, 7) is 6.73. The Labute approximate surface area is 129 Å². The molecule has 0 radical (unpaired) electrons. The van der Waals surface area contributed by atoms with E-state index in [2.05, 4.69) is 46.8 Å². The van der Waals surface area contributed by atoms with Gasteiger partial charge in [-0.1, -0.05) is 22.0 Å². The SMILES string of the molecule is CC(C)N1CCC2(CC1)C[C@@H](N)c1ccc(Br)cc1O2. The van der Waals surface area contributed by atoms with Crippen molar-refractivity contribution in [3.8, 4) is 5.75 Å². The van der Waals surface area contributed by atoms with Crippen molar-refractivity contribution in [3.63, 3.8) is 0 Å². The smallest absolute Gasteiger partial charge is 0.126 e. The molecule has 2 N–H and O–H groups in total. The lowest BCUT2D eigenvalue weighted by atomic mass is 9.80. The van der Waals surface area contributed by atoms with Crippen LogP contribution in [0.4, 0.5) is 0 Å². The van der Waals surface area contributed by atoms with Gasteiger partial charge in [0.25, 0.3) is 0 Å². The molecule has 2 aliphatic rings. The molecule has 110 valence electrons. The standard InChI is InChI=1S/C16H23BrN2O/c1-11(2)19-7-5-16(6-8-19)10-14(18)13-4-3-12(17)9-15(13)20-16/h3-4,9,11,14H,5-8,10,18H2,1-2H3/t14-/m1/s1. The van der Waals surface area contributed by atoms with Gasteiger partial charge in [0.05, 0.1) is 0 Å². The lowest BCUT2D eigenvalue weighted by Crippen LogP contribution is -2.52. The monoisotopic (exact) mass is 338 g/mol. The Balaban J connectivity index is 1.81. The quantitative estimate of drug-likeness (QED) is 0.851. The zero-order chi connectivity index (χ0) is 14.3. The van der Waals surface area contributed by atoms with Gasteiger partial charge in [0.1, 0.15) is 11.4 Å². The Morgan fingerprint density at radius 3 is 2.70 bits per heavy atom. The van der Waals surface area contributed by atoms with Crippen LogP contribution in [0.2, 0.25) is 0 Å². The van der Waals surface area contributed by atoms with Crippen molar-refractivity contribution in [1.82, 2.24) is 4.90 Å². The van der Waals surface area contributed by atoms with E-state index >= 15 is 0 Å². The Morgan fingerprint density at radius 2 is 2.05 bits per heavy atom.